The van der Waals surface area contributed by atoms with Crippen molar-refractivity contribution in [3.05, 3.63) is 24.0 Å². The minimum absolute atomic E-state index is 0.0683. The first kappa shape index (κ1) is 10.5. The van der Waals surface area contributed by atoms with Crippen LogP contribution in [0.2, 0.25) is 0 Å². The lowest BCUT2D eigenvalue weighted by Crippen LogP contribution is -2.37. The molecular formula is C10H12BrN3O. The van der Waals surface area contributed by atoms with Crippen LogP contribution in [-0.4, -0.2) is 27.0 Å². The standard InChI is InChI=1S/C10H12BrN3O/c11-8-2-1-3-9(8)14-10(15)7-4-5-12-13-6-7/h4-6,8-9H,1-3H2,(H,14,15). The van der Waals surface area contributed by atoms with Gasteiger partial charge in [0, 0.05) is 10.9 Å². The first-order chi connectivity index (χ1) is 7.27. The van der Waals surface area contributed by atoms with Crippen LogP contribution in [0, 0.1) is 0 Å². The number of aromatic nitrogens is 2. The van der Waals surface area contributed by atoms with E-state index in [-0.39, 0.29) is 11.9 Å². The summed E-state index contributed by atoms with van der Waals surface area (Å²) in [7, 11) is 0. The van der Waals surface area contributed by atoms with Crippen LogP contribution < -0.4 is 5.32 Å². The van der Waals surface area contributed by atoms with E-state index in [0.717, 1.165) is 19.3 Å². The Balaban J connectivity index is 1.98. The molecule has 0 bridgehead atoms. The van der Waals surface area contributed by atoms with Crippen molar-refractivity contribution >= 4 is 21.8 Å². The van der Waals surface area contributed by atoms with Crippen LogP contribution in [0.1, 0.15) is 29.6 Å². The van der Waals surface area contributed by atoms with E-state index < -0.39 is 0 Å². The van der Waals surface area contributed by atoms with Gasteiger partial charge in [0.15, 0.2) is 0 Å². The van der Waals surface area contributed by atoms with E-state index in [1.54, 1.807) is 6.07 Å². The fraction of sp³-hybridized carbons (Fsp3) is 0.500. The molecule has 2 unspecified atom stereocenters. The number of rotatable bonds is 2. The van der Waals surface area contributed by atoms with Crippen molar-refractivity contribution in [3.8, 4) is 0 Å². The summed E-state index contributed by atoms with van der Waals surface area (Å²) in [6, 6.07) is 1.91. The lowest BCUT2D eigenvalue weighted by molar-refractivity contribution is 0.0938. The molecule has 5 heteroatoms. The van der Waals surface area contributed by atoms with Crippen molar-refractivity contribution < 1.29 is 4.79 Å². The van der Waals surface area contributed by atoms with Gasteiger partial charge in [-0.2, -0.15) is 10.2 Å². The normalized spacial score (nSPS) is 25.1. The third kappa shape index (κ3) is 2.53. The topological polar surface area (TPSA) is 54.9 Å². The highest BCUT2D eigenvalue weighted by Crippen LogP contribution is 2.25. The van der Waals surface area contributed by atoms with Crippen LogP contribution in [0.15, 0.2) is 18.5 Å². The molecule has 1 amide bonds. The number of amides is 1. The zero-order chi connectivity index (χ0) is 10.7. The Bertz CT molecular complexity index is 344. The average molecular weight is 270 g/mol. The van der Waals surface area contributed by atoms with Gasteiger partial charge in [0.2, 0.25) is 0 Å². The van der Waals surface area contributed by atoms with Crippen LogP contribution in [0.5, 0.6) is 0 Å². The molecule has 1 fully saturated rings. The molecule has 0 aliphatic heterocycles. The van der Waals surface area contributed by atoms with Gasteiger partial charge in [0.25, 0.3) is 5.91 Å². The van der Waals surface area contributed by atoms with Crippen molar-refractivity contribution in [2.24, 2.45) is 0 Å². The van der Waals surface area contributed by atoms with Gasteiger partial charge < -0.3 is 5.32 Å². The van der Waals surface area contributed by atoms with Crippen molar-refractivity contribution in [2.45, 2.75) is 30.1 Å². The number of carbonyl (C=O) groups excluding carboxylic acids is 1. The molecule has 1 heterocycles. The second kappa shape index (κ2) is 4.70. The van der Waals surface area contributed by atoms with Gasteiger partial charge in [0.05, 0.1) is 18.0 Å². The van der Waals surface area contributed by atoms with E-state index >= 15 is 0 Å². The van der Waals surface area contributed by atoms with Crippen LogP contribution in [0.3, 0.4) is 0 Å². The smallest absolute Gasteiger partial charge is 0.253 e. The van der Waals surface area contributed by atoms with Gasteiger partial charge in [0.1, 0.15) is 0 Å². The number of hydrogen-bond acceptors (Lipinski definition) is 3. The number of halogens is 1. The SMILES string of the molecule is O=C(NC1CCCC1Br)c1ccnnc1. The maximum Gasteiger partial charge on any atom is 0.253 e. The number of carbonyl (C=O) groups is 1. The summed E-state index contributed by atoms with van der Waals surface area (Å²) in [5, 5.41) is 10.3. The summed E-state index contributed by atoms with van der Waals surface area (Å²) >= 11 is 3.56. The summed E-state index contributed by atoms with van der Waals surface area (Å²) < 4.78 is 0. The molecule has 0 spiro atoms. The molecular weight excluding hydrogens is 258 g/mol. The van der Waals surface area contributed by atoms with E-state index in [4.69, 9.17) is 0 Å². The van der Waals surface area contributed by atoms with Crippen molar-refractivity contribution in [2.75, 3.05) is 0 Å². The second-order valence-corrected chi connectivity index (χ2v) is 4.83. The predicted molar refractivity (Wildman–Crippen MR) is 59.9 cm³/mol. The molecule has 0 saturated heterocycles. The van der Waals surface area contributed by atoms with Crippen LogP contribution in [0.4, 0.5) is 0 Å². The Hall–Kier alpha value is -0.970. The Morgan fingerprint density at radius 3 is 2.93 bits per heavy atom. The molecule has 4 nitrogen and oxygen atoms in total. The van der Waals surface area contributed by atoms with Crippen LogP contribution >= 0.6 is 15.9 Å². The lowest BCUT2D eigenvalue weighted by atomic mass is 10.2. The molecule has 80 valence electrons. The minimum atomic E-state index is -0.0683. The van der Waals surface area contributed by atoms with E-state index in [1.807, 2.05) is 0 Å². The number of nitrogens with one attached hydrogen (secondary N) is 1. The average Bonchev–Trinajstić information content (AvgIpc) is 2.66. The molecule has 0 aromatic carbocycles. The van der Waals surface area contributed by atoms with E-state index in [2.05, 4.69) is 31.4 Å². The summed E-state index contributed by atoms with van der Waals surface area (Å²) in [6.07, 6.45) is 6.33. The largest absolute Gasteiger partial charge is 0.348 e. The fourth-order valence-electron chi connectivity index (χ4n) is 1.75. The molecule has 2 rings (SSSR count). The molecule has 2 atom stereocenters. The number of hydrogen-bond donors (Lipinski definition) is 1. The second-order valence-electron chi connectivity index (χ2n) is 3.66. The van der Waals surface area contributed by atoms with Crippen molar-refractivity contribution in [3.63, 3.8) is 0 Å². The fourth-order valence-corrected chi connectivity index (χ4v) is 2.47. The van der Waals surface area contributed by atoms with E-state index in [9.17, 15) is 4.79 Å². The molecule has 1 aliphatic rings. The lowest BCUT2D eigenvalue weighted by Gasteiger charge is -2.15. The van der Waals surface area contributed by atoms with Gasteiger partial charge >= 0.3 is 0 Å². The highest BCUT2D eigenvalue weighted by atomic mass is 79.9. The molecule has 1 aromatic heterocycles. The molecule has 1 N–H and O–H groups in total. The minimum Gasteiger partial charge on any atom is -0.348 e. The summed E-state index contributed by atoms with van der Waals surface area (Å²) in [5.74, 6) is -0.0683. The van der Waals surface area contributed by atoms with Crippen LogP contribution in [-0.2, 0) is 0 Å². The third-order valence-electron chi connectivity index (χ3n) is 2.59. The summed E-state index contributed by atoms with van der Waals surface area (Å²) in [4.78, 5) is 12.1. The Morgan fingerprint density at radius 2 is 2.33 bits per heavy atom. The van der Waals surface area contributed by atoms with Gasteiger partial charge in [-0.25, -0.2) is 0 Å². The Kier molecular flexibility index (Phi) is 3.30. The zero-order valence-electron chi connectivity index (χ0n) is 8.19. The van der Waals surface area contributed by atoms with Gasteiger partial charge in [-0.1, -0.05) is 22.4 Å². The first-order valence-corrected chi connectivity index (χ1v) is 5.90. The predicted octanol–water partition coefficient (Wildman–Crippen LogP) is 1.52. The monoisotopic (exact) mass is 269 g/mol. The third-order valence-corrected chi connectivity index (χ3v) is 3.69. The molecule has 1 saturated carbocycles. The maximum absolute atomic E-state index is 11.7. The Morgan fingerprint density at radius 1 is 1.47 bits per heavy atom. The van der Waals surface area contributed by atoms with Crippen LogP contribution in [0.25, 0.3) is 0 Å². The highest BCUT2D eigenvalue weighted by Gasteiger charge is 2.26. The van der Waals surface area contributed by atoms with Gasteiger partial charge in [-0.05, 0) is 18.9 Å². The number of nitrogens with zero attached hydrogens (tertiary/aromatic N) is 2. The molecule has 1 aromatic rings. The summed E-state index contributed by atoms with van der Waals surface area (Å²) in [5.41, 5.74) is 0.566. The van der Waals surface area contributed by atoms with Crippen molar-refractivity contribution in [1.82, 2.24) is 15.5 Å². The van der Waals surface area contributed by atoms with E-state index in [0.29, 0.717) is 10.4 Å². The highest BCUT2D eigenvalue weighted by molar-refractivity contribution is 9.09. The zero-order valence-corrected chi connectivity index (χ0v) is 9.77. The maximum atomic E-state index is 11.7. The van der Waals surface area contributed by atoms with Crippen molar-refractivity contribution in [1.29, 1.82) is 0 Å². The van der Waals surface area contributed by atoms with Gasteiger partial charge in [-0.15, -0.1) is 0 Å². The summed E-state index contributed by atoms with van der Waals surface area (Å²) in [6.45, 7) is 0. The quantitative estimate of drug-likeness (QED) is 0.829. The Labute approximate surface area is 96.6 Å². The number of alkyl halides is 1. The van der Waals surface area contributed by atoms with Gasteiger partial charge in [-0.3, -0.25) is 4.79 Å². The molecule has 15 heavy (non-hydrogen) atoms. The first-order valence-electron chi connectivity index (χ1n) is 4.99. The molecule has 1 aliphatic carbocycles. The van der Waals surface area contributed by atoms with E-state index in [1.165, 1.54) is 12.4 Å². The molecule has 0 radical (unpaired) electrons.